The predicted octanol–water partition coefficient (Wildman–Crippen LogP) is 5.82. The van der Waals surface area contributed by atoms with E-state index in [1.807, 2.05) is 0 Å². The van der Waals surface area contributed by atoms with Gasteiger partial charge in [0.1, 0.15) is 11.6 Å². The molecule has 0 unspecified atom stereocenters. The van der Waals surface area contributed by atoms with E-state index in [0.29, 0.717) is 24.4 Å². The average Bonchev–Trinajstić information content (AvgIpc) is 3.37. The second-order valence-corrected chi connectivity index (χ2v) is 8.94. The number of nitrogens with one attached hydrogen (secondary N) is 2. The second-order valence-electron chi connectivity index (χ2n) is 8.94. The number of aryl methyl sites for hydroxylation is 1. The van der Waals surface area contributed by atoms with Crippen LogP contribution in [0, 0.1) is 5.82 Å². The van der Waals surface area contributed by atoms with Crippen molar-refractivity contribution in [3.8, 4) is 5.75 Å². The van der Waals surface area contributed by atoms with E-state index in [4.69, 9.17) is 4.74 Å². The highest BCUT2D eigenvalue weighted by molar-refractivity contribution is 5.99. The number of hydrogen-bond donors (Lipinski definition) is 2. The Labute approximate surface area is 214 Å². The number of carbonyl (C=O) groups excluding carboxylic acids is 2. The summed E-state index contributed by atoms with van der Waals surface area (Å²) in [4.78, 5) is 30.8. The van der Waals surface area contributed by atoms with Crippen molar-refractivity contribution in [2.45, 2.75) is 19.8 Å². The van der Waals surface area contributed by atoms with Gasteiger partial charge in [-0.3, -0.25) is 9.59 Å². The van der Waals surface area contributed by atoms with E-state index >= 15 is 0 Å². The van der Waals surface area contributed by atoms with Crippen LogP contribution in [0.1, 0.15) is 34.8 Å². The van der Waals surface area contributed by atoms with E-state index < -0.39 is 11.7 Å². The van der Waals surface area contributed by atoms with Gasteiger partial charge in [-0.15, -0.1) is 0 Å². The predicted molar refractivity (Wildman–Crippen MR) is 143 cm³/mol. The molecule has 1 aromatic heterocycles. The van der Waals surface area contributed by atoms with E-state index in [-0.39, 0.29) is 18.2 Å². The van der Waals surface area contributed by atoms with E-state index in [2.05, 4.69) is 47.7 Å². The molecule has 188 valence electrons. The molecule has 4 aromatic rings. The maximum atomic E-state index is 13.8. The van der Waals surface area contributed by atoms with E-state index in [9.17, 15) is 14.0 Å². The SMILES string of the molecule is CCc1cccc2c(C3=CCN(C(=O)c4ccccc4OCC(=O)Nc4ccccc4F)CC3)c[nH]c12. The fraction of sp³-hybridized carbons (Fsp3) is 0.200. The largest absolute Gasteiger partial charge is 0.483 e. The van der Waals surface area contributed by atoms with Gasteiger partial charge >= 0.3 is 0 Å². The first-order valence-corrected chi connectivity index (χ1v) is 12.4. The van der Waals surface area contributed by atoms with Crippen LogP contribution in [0.2, 0.25) is 0 Å². The number of nitrogens with zero attached hydrogens (tertiary/aromatic N) is 1. The van der Waals surface area contributed by atoms with Crippen LogP contribution < -0.4 is 10.1 Å². The minimum atomic E-state index is -0.526. The number of aromatic amines is 1. The van der Waals surface area contributed by atoms with Gasteiger partial charge in [-0.05, 0) is 48.2 Å². The van der Waals surface area contributed by atoms with E-state index in [1.165, 1.54) is 39.7 Å². The highest BCUT2D eigenvalue weighted by Gasteiger charge is 2.23. The minimum absolute atomic E-state index is 0.0810. The lowest BCUT2D eigenvalue weighted by atomic mass is 9.97. The van der Waals surface area contributed by atoms with Gasteiger partial charge in [-0.2, -0.15) is 0 Å². The van der Waals surface area contributed by atoms with Crippen molar-refractivity contribution in [1.29, 1.82) is 0 Å². The molecule has 2 heterocycles. The molecule has 3 aromatic carbocycles. The van der Waals surface area contributed by atoms with Crippen molar-refractivity contribution < 1.29 is 18.7 Å². The molecule has 0 bridgehead atoms. The van der Waals surface area contributed by atoms with Crippen LogP contribution in [-0.4, -0.2) is 41.4 Å². The zero-order chi connectivity index (χ0) is 25.8. The Morgan fingerprint density at radius 3 is 2.65 bits per heavy atom. The Bertz CT molecular complexity index is 1490. The van der Waals surface area contributed by atoms with Crippen LogP contribution in [0.15, 0.2) is 79.0 Å². The number of benzene rings is 3. The van der Waals surface area contributed by atoms with Gasteiger partial charge in [0.25, 0.3) is 11.8 Å². The van der Waals surface area contributed by atoms with Gasteiger partial charge in [-0.25, -0.2) is 4.39 Å². The smallest absolute Gasteiger partial charge is 0.262 e. The minimum Gasteiger partial charge on any atom is -0.483 e. The highest BCUT2D eigenvalue weighted by Crippen LogP contribution is 2.31. The van der Waals surface area contributed by atoms with Crippen LogP contribution in [-0.2, 0) is 11.2 Å². The number of anilines is 1. The number of amides is 2. The van der Waals surface area contributed by atoms with Crippen LogP contribution in [0.3, 0.4) is 0 Å². The van der Waals surface area contributed by atoms with Gasteiger partial charge in [0.2, 0.25) is 0 Å². The summed E-state index contributed by atoms with van der Waals surface area (Å²) < 4.78 is 19.5. The first-order chi connectivity index (χ1) is 18.0. The molecule has 0 aliphatic carbocycles. The molecule has 0 saturated heterocycles. The lowest BCUT2D eigenvalue weighted by Crippen LogP contribution is -2.35. The molecule has 1 aliphatic heterocycles. The molecule has 0 saturated carbocycles. The number of ether oxygens (including phenoxy) is 1. The number of carbonyl (C=O) groups is 2. The van der Waals surface area contributed by atoms with Crippen molar-refractivity contribution >= 4 is 34.0 Å². The van der Waals surface area contributed by atoms with Crippen molar-refractivity contribution in [2.75, 3.05) is 25.0 Å². The van der Waals surface area contributed by atoms with Gasteiger partial charge in [0.05, 0.1) is 11.3 Å². The van der Waals surface area contributed by atoms with Crippen molar-refractivity contribution in [2.24, 2.45) is 0 Å². The quantitative estimate of drug-likeness (QED) is 0.338. The number of hydrogen-bond acceptors (Lipinski definition) is 3. The third-order valence-corrected chi connectivity index (χ3v) is 6.65. The van der Waals surface area contributed by atoms with Gasteiger partial charge < -0.3 is 19.9 Å². The zero-order valence-corrected chi connectivity index (χ0v) is 20.6. The summed E-state index contributed by atoms with van der Waals surface area (Å²) in [5.74, 6) is -0.882. The summed E-state index contributed by atoms with van der Waals surface area (Å²) in [6, 6.07) is 19.1. The molecule has 1 aliphatic rings. The monoisotopic (exact) mass is 497 g/mol. The number of fused-ring (bicyclic) bond motifs is 1. The molecule has 0 spiro atoms. The fourth-order valence-corrected chi connectivity index (χ4v) is 4.71. The zero-order valence-electron chi connectivity index (χ0n) is 20.6. The number of H-pyrrole nitrogens is 1. The molecule has 0 fully saturated rings. The van der Waals surface area contributed by atoms with Crippen LogP contribution in [0.4, 0.5) is 10.1 Å². The summed E-state index contributed by atoms with van der Waals surface area (Å²) in [5.41, 5.74) is 5.33. The van der Waals surface area contributed by atoms with E-state index in [0.717, 1.165) is 12.8 Å². The lowest BCUT2D eigenvalue weighted by Gasteiger charge is -2.27. The molecular weight excluding hydrogens is 469 g/mol. The molecule has 6 nitrogen and oxygen atoms in total. The van der Waals surface area contributed by atoms with Crippen LogP contribution in [0.5, 0.6) is 5.75 Å². The first-order valence-electron chi connectivity index (χ1n) is 12.4. The maximum Gasteiger partial charge on any atom is 0.262 e. The Balaban J connectivity index is 1.26. The van der Waals surface area contributed by atoms with Gasteiger partial charge in [-0.1, -0.05) is 55.5 Å². The summed E-state index contributed by atoms with van der Waals surface area (Å²) in [7, 11) is 0. The third-order valence-electron chi connectivity index (χ3n) is 6.65. The standard InChI is InChI=1S/C30H28FN3O3/c1-2-20-8-7-10-22-24(18-32-29(20)22)21-14-16-34(17-15-21)30(36)23-9-3-6-13-27(23)37-19-28(35)33-26-12-5-4-11-25(26)31/h3-14,18,32H,2,15-17,19H2,1H3,(H,33,35). The number of aromatic nitrogens is 1. The van der Waals surface area contributed by atoms with Crippen molar-refractivity contribution in [1.82, 2.24) is 9.88 Å². The topological polar surface area (TPSA) is 74.4 Å². The lowest BCUT2D eigenvalue weighted by molar-refractivity contribution is -0.118. The average molecular weight is 498 g/mol. The Morgan fingerprint density at radius 1 is 1.05 bits per heavy atom. The van der Waals surface area contributed by atoms with Crippen LogP contribution in [0.25, 0.3) is 16.5 Å². The van der Waals surface area contributed by atoms with Crippen molar-refractivity contribution in [3.63, 3.8) is 0 Å². The maximum absolute atomic E-state index is 13.8. The van der Waals surface area contributed by atoms with E-state index in [1.54, 1.807) is 41.3 Å². The van der Waals surface area contributed by atoms with Crippen molar-refractivity contribution in [3.05, 3.63) is 102 Å². The summed E-state index contributed by atoms with van der Waals surface area (Å²) in [6.07, 6.45) is 5.87. The third kappa shape index (κ3) is 5.11. The summed E-state index contributed by atoms with van der Waals surface area (Å²) >= 11 is 0. The Hall–Kier alpha value is -4.39. The molecule has 0 atom stereocenters. The molecule has 37 heavy (non-hydrogen) atoms. The first kappa shape index (κ1) is 24.3. The fourth-order valence-electron chi connectivity index (χ4n) is 4.71. The molecule has 2 amide bonds. The molecular formula is C30H28FN3O3. The number of rotatable bonds is 7. The summed E-state index contributed by atoms with van der Waals surface area (Å²) in [6.45, 7) is 2.86. The van der Waals surface area contributed by atoms with Gasteiger partial charge in [0.15, 0.2) is 6.61 Å². The summed E-state index contributed by atoms with van der Waals surface area (Å²) in [5, 5.41) is 3.69. The Kier molecular flexibility index (Phi) is 7.03. The highest BCUT2D eigenvalue weighted by atomic mass is 19.1. The van der Waals surface area contributed by atoms with Gasteiger partial charge in [0, 0.05) is 35.8 Å². The normalized spacial score (nSPS) is 13.4. The molecule has 5 rings (SSSR count). The molecule has 0 radical (unpaired) electrons. The van der Waals surface area contributed by atoms with Crippen LogP contribution >= 0.6 is 0 Å². The number of para-hydroxylation sites is 3. The Morgan fingerprint density at radius 2 is 1.86 bits per heavy atom. The molecule has 7 heteroatoms. The second kappa shape index (κ2) is 10.7. The number of halogens is 1. The molecule has 2 N–H and O–H groups in total.